The van der Waals surface area contributed by atoms with Gasteiger partial charge >= 0.3 is 0 Å². The molecule has 0 atom stereocenters. The van der Waals surface area contributed by atoms with E-state index in [4.69, 9.17) is 9.98 Å². The Hall–Kier alpha value is -2.74. The minimum atomic E-state index is 0.992. The molecule has 0 saturated carbocycles. The third kappa shape index (κ3) is 54.4. The second-order valence-corrected chi connectivity index (χ2v) is 28.2. The minimum Gasteiger partial charge on any atom is -0.251 e. The van der Waals surface area contributed by atoms with Gasteiger partial charge in [-0.1, -0.05) is 429 Å². The minimum absolute atomic E-state index is 0.992. The predicted molar refractivity (Wildman–Crippen MR) is 406 cm³/mol. The highest BCUT2D eigenvalue weighted by Gasteiger charge is 2.14. The summed E-state index contributed by atoms with van der Waals surface area (Å²) in [5, 5.41) is 0. The SMILES string of the molecule is CCCCCCCCCCCCCCCCCCCCCCCC=CCCc1ccccc1N=C(CCCC)C(CCCCCCCCCCCCCCC)=Nc1ccccc1CCC=CCCCCCCCCCCCCCCCCCCCCCCC. The lowest BCUT2D eigenvalue weighted by Gasteiger charge is -2.14. The summed E-state index contributed by atoms with van der Waals surface area (Å²) in [5.74, 6) is 0. The molecular formula is C87H154N2. The van der Waals surface area contributed by atoms with Crippen LogP contribution >= 0.6 is 0 Å². The summed E-state index contributed by atoms with van der Waals surface area (Å²) < 4.78 is 0. The van der Waals surface area contributed by atoms with Gasteiger partial charge in [0, 0.05) is 0 Å². The molecule has 0 heterocycles. The molecule has 89 heavy (non-hydrogen) atoms. The van der Waals surface area contributed by atoms with Gasteiger partial charge in [-0.15, -0.1) is 0 Å². The van der Waals surface area contributed by atoms with Crippen molar-refractivity contribution in [3.05, 3.63) is 84.0 Å². The van der Waals surface area contributed by atoms with Gasteiger partial charge in [0.25, 0.3) is 0 Å². The van der Waals surface area contributed by atoms with E-state index in [0.717, 1.165) is 56.3 Å². The lowest BCUT2D eigenvalue weighted by molar-refractivity contribution is 0.520. The van der Waals surface area contributed by atoms with E-state index in [-0.39, 0.29) is 0 Å². The molecule has 2 aromatic carbocycles. The van der Waals surface area contributed by atoms with Crippen LogP contribution in [0, 0.1) is 0 Å². The van der Waals surface area contributed by atoms with Crippen LogP contribution in [0.1, 0.15) is 443 Å². The molecule has 0 bridgehead atoms. The molecule has 0 saturated heterocycles. The molecule has 0 aliphatic carbocycles. The maximum Gasteiger partial charge on any atom is 0.0665 e. The largest absolute Gasteiger partial charge is 0.251 e. The van der Waals surface area contributed by atoms with Crippen LogP contribution in [0.3, 0.4) is 0 Å². The first-order chi connectivity index (χ1) is 44.2. The Morgan fingerprint density at radius 2 is 0.427 bits per heavy atom. The van der Waals surface area contributed by atoms with Gasteiger partial charge in [0.1, 0.15) is 0 Å². The zero-order valence-corrected chi connectivity index (χ0v) is 60.8. The fourth-order valence-corrected chi connectivity index (χ4v) is 13.5. The molecule has 0 radical (unpaired) electrons. The number of allylic oxidation sites excluding steroid dienone is 4. The summed E-state index contributed by atoms with van der Waals surface area (Å²) in [6.45, 7) is 9.28. The number of hydrogen-bond acceptors (Lipinski definition) is 2. The molecule has 0 aromatic heterocycles. The smallest absolute Gasteiger partial charge is 0.0665 e. The summed E-state index contributed by atoms with van der Waals surface area (Å²) in [4.78, 5) is 11.3. The molecule has 512 valence electrons. The van der Waals surface area contributed by atoms with E-state index in [1.54, 1.807) is 0 Å². The Kier molecular flexibility index (Phi) is 63.0. The molecule has 2 rings (SSSR count). The first-order valence-corrected chi connectivity index (χ1v) is 40.8. The van der Waals surface area contributed by atoms with Crippen LogP contribution in [0.25, 0.3) is 0 Å². The topological polar surface area (TPSA) is 24.7 Å². The van der Waals surface area contributed by atoms with Crippen LogP contribution in [0.5, 0.6) is 0 Å². The van der Waals surface area contributed by atoms with Crippen molar-refractivity contribution in [2.75, 3.05) is 0 Å². The van der Waals surface area contributed by atoms with E-state index in [1.807, 2.05) is 0 Å². The summed E-state index contributed by atoms with van der Waals surface area (Å²) in [7, 11) is 0. The summed E-state index contributed by atoms with van der Waals surface area (Å²) >= 11 is 0. The highest BCUT2D eigenvalue weighted by atomic mass is 14.8. The molecule has 0 amide bonds. The van der Waals surface area contributed by atoms with E-state index < -0.39 is 0 Å². The van der Waals surface area contributed by atoms with Gasteiger partial charge in [-0.25, -0.2) is 0 Å². The van der Waals surface area contributed by atoms with Crippen LogP contribution in [0.15, 0.2) is 82.8 Å². The van der Waals surface area contributed by atoms with E-state index in [2.05, 4.69) is 101 Å². The second kappa shape index (κ2) is 68.1. The lowest BCUT2D eigenvalue weighted by atomic mass is 9.99. The Morgan fingerprint density at radius 3 is 0.685 bits per heavy atom. The van der Waals surface area contributed by atoms with E-state index >= 15 is 0 Å². The third-order valence-corrected chi connectivity index (χ3v) is 19.6. The average molecular weight is 1230 g/mol. The van der Waals surface area contributed by atoms with Crippen molar-refractivity contribution < 1.29 is 0 Å². The van der Waals surface area contributed by atoms with Crippen molar-refractivity contribution in [2.24, 2.45) is 9.98 Å². The van der Waals surface area contributed by atoms with Gasteiger partial charge in [-0.05, 0) is 100 Å². The number of rotatable bonds is 70. The number of hydrogen-bond donors (Lipinski definition) is 0. The van der Waals surface area contributed by atoms with Crippen LogP contribution in [-0.2, 0) is 12.8 Å². The maximum atomic E-state index is 5.66. The van der Waals surface area contributed by atoms with Gasteiger partial charge in [-0.2, -0.15) is 0 Å². The van der Waals surface area contributed by atoms with Crippen LogP contribution in [0.4, 0.5) is 11.4 Å². The third-order valence-electron chi connectivity index (χ3n) is 19.6. The van der Waals surface area contributed by atoms with E-state index in [9.17, 15) is 0 Å². The van der Waals surface area contributed by atoms with Crippen LogP contribution < -0.4 is 0 Å². The quantitative estimate of drug-likeness (QED) is 0.0358. The van der Waals surface area contributed by atoms with E-state index in [0.29, 0.717) is 0 Å². The summed E-state index contributed by atoms with van der Waals surface area (Å²) in [6, 6.07) is 18.1. The zero-order chi connectivity index (χ0) is 63.3. The first-order valence-electron chi connectivity index (χ1n) is 40.8. The van der Waals surface area contributed by atoms with E-state index in [1.165, 1.54) is 395 Å². The van der Waals surface area contributed by atoms with Crippen molar-refractivity contribution in [3.8, 4) is 0 Å². The van der Waals surface area contributed by atoms with Gasteiger partial charge in [0.05, 0.1) is 22.8 Å². The van der Waals surface area contributed by atoms with Crippen molar-refractivity contribution in [1.29, 1.82) is 0 Å². The Bertz CT molecular complexity index is 1860. The maximum absolute atomic E-state index is 5.66. The summed E-state index contributed by atoms with van der Waals surface area (Å²) in [5.41, 5.74) is 7.53. The molecule has 2 nitrogen and oxygen atoms in total. The van der Waals surface area contributed by atoms with Crippen molar-refractivity contribution in [2.45, 2.75) is 445 Å². The highest BCUT2D eigenvalue weighted by molar-refractivity contribution is 6.43. The normalized spacial score (nSPS) is 12.3. The predicted octanol–water partition coefficient (Wildman–Crippen LogP) is 31.4. The first kappa shape index (κ1) is 82.4. The Morgan fingerprint density at radius 1 is 0.225 bits per heavy atom. The van der Waals surface area contributed by atoms with Gasteiger partial charge in [-0.3, -0.25) is 9.98 Å². The fourth-order valence-electron chi connectivity index (χ4n) is 13.5. The van der Waals surface area contributed by atoms with Crippen LogP contribution in [-0.4, -0.2) is 11.4 Å². The van der Waals surface area contributed by atoms with Crippen molar-refractivity contribution >= 4 is 22.8 Å². The number of benzene rings is 2. The molecule has 0 spiro atoms. The Balaban J connectivity index is 1.82. The molecule has 0 fully saturated rings. The number of aryl methyl sites for hydroxylation is 2. The van der Waals surface area contributed by atoms with Gasteiger partial charge in [0.15, 0.2) is 0 Å². The molecule has 2 heteroatoms. The Labute approximate surface area is 558 Å². The number of aliphatic imine (C=N–C) groups is 2. The average Bonchev–Trinajstić information content (AvgIpc) is 2.10. The zero-order valence-electron chi connectivity index (χ0n) is 60.8. The molecule has 2 aromatic rings. The molecule has 0 aliphatic rings. The molecule has 0 unspecified atom stereocenters. The molecular weight excluding hydrogens is 1070 g/mol. The van der Waals surface area contributed by atoms with Gasteiger partial charge < -0.3 is 0 Å². The fraction of sp³-hybridized carbons (Fsp3) is 0.793. The number of nitrogens with zero attached hydrogens (tertiary/aromatic N) is 2. The monoisotopic (exact) mass is 1230 g/mol. The number of unbranched alkanes of at least 4 members (excludes halogenated alkanes) is 55. The van der Waals surface area contributed by atoms with Crippen molar-refractivity contribution in [1.82, 2.24) is 0 Å². The highest BCUT2D eigenvalue weighted by Crippen LogP contribution is 2.27. The number of para-hydroxylation sites is 2. The lowest BCUT2D eigenvalue weighted by Crippen LogP contribution is -2.15. The molecule has 0 N–H and O–H groups in total. The molecule has 0 aliphatic heterocycles. The van der Waals surface area contributed by atoms with Crippen molar-refractivity contribution in [3.63, 3.8) is 0 Å². The summed E-state index contributed by atoms with van der Waals surface area (Å²) in [6.07, 6.45) is 99.3. The van der Waals surface area contributed by atoms with Crippen LogP contribution in [0.2, 0.25) is 0 Å². The second-order valence-electron chi connectivity index (χ2n) is 28.2. The standard InChI is InChI=1S/C87H154N2/c1-5-9-13-16-19-22-25-28-30-32-34-36-38-40-42-44-46-48-50-53-55-58-61-64-67-74-82-76-70-72-79-84(82)88-86(78-12-8-4)87(81-69-66-63-60-57-52-27-24-21-18-15-11-7-3)89-85-80-73-71-77-83(85)75-68-65-62-59-56-54-51-49-47-45-43-41-39-37-35-33-31-29-26-23-20-17-14-10-6-2/h61-62,64-65,70-73,76-77,79-80H,5-60,63,66-69,74-75,78,81H2,1-4H3. The van der Waals surface area contributed by atoms with Gasteiger partial charge in [0.2, 0.25) is 0 Å².